The van der Waals surface area contributed by atoms with Gasteiger partial charge in [0.05, 0.1) is 0 Å². The Morgan fingerprint density at radius 2 is 1.78 bits per heavy atom. The van der Waals surface area contributed by atoms with Gasteiger partial charge in [-0.15, -0.1) is 0 Å². The molecular weight excluding hydrogens is 290 g/mol. The molecule has 0 saturated heterocycles. The van der Waals surface area contributed by atoms with Crippen LogP contribution in [-0.2, 0) is 0 Å². The molecule has 0 saturated carbocycles. The van der Waals surface area contributed by atoms with E-state index >= 15 is 0 Å². The third kappa shape index (κ3) is 3.34. The van der Waals surface area contributed by atoms with Crippen LogP contribution in [0.4, 0.5) is 0 Å². The van der Waals surface area contributed by atoms with Crippen LogP contribution < -0.4 is 10.5 Å². The van der Waals surface area contributed by atoms with Gasteiger partial charge < -0.3 is 10.5 Å². The van der Waals surface area contributed by atoms with Crippen molar-refractivity contribution >= 4 is 15.9 Å². The van der Waals surface area contributed by atoms with Gasteiger partial charge in [-0.3, -0.25) is 0 Å². The molecule has 2 unspecified atom stereocenters. The van der Waals surface area contributed by atoms with Crippen molar-refractivity contribution in [3.05, 3.63) is 64.6 Å². The molecular formula is C15H16BrNO. The highest BCUT2D eigenvalue weighted by molar-refractivity contribution is 9.10. The summed E-state index contributed by atoms with van der Waals surface area (Å²) in [6.07, 6.45) is -0.148. The first-order valence-electron chi connectivity index (χ1n) is 5.89. The first kappa shape index (κ1) is 13.1. The SMILES string of the molecule is CC(N)C(Oc1ccccc1)c1cccc(Br)c1. The molecule has 0 bridgehead atoms. The average molecular weight is 306 g/mol. The van der Waals surface area contributed by atoms with Gasteiger partial charge in [0.1, 0.15) is 11.9 Å². The Balaban J connectivity index is 2.24. The van der Waals surface area contributed by atoms with Gasteiger partial charge in [0.25, 0.3) is 0 Å². The minimum atomic E-state index is -0.148. The van der Waals surface area contributed by atoms with Crippen molar-refractivity contribution in [2.75, 3.05) is 0 Å². The minimum Gasteiger partial charge on any atom is -0.484 e. The second-order valence-electron chi connectivity index (χ2n) is 4.27. The molecule has 0 radical (unpaired) electrons. The van der Waals surface area contributed by atoms with Crippen molar-refractivity contribution in [2.45, 2.75) is 19.1 Å². The molecule has 2 aromatic carbocycles. The minimum absolute atomic E-state index is 0.0838. The van der Waals surface area contributed by atoms with Crippen molar-refractivity contribution in [3.8, 4) is 5.75 Å². The van der Waals surface area contributed by atoms with Crippen LogP contribution in [0.2, 0.25) is 0 Å². The van der Waals surface area contributed by atoms with Crippen LogP contribution in [0.3, 0.4) is 0 Å². The molecule has 2 rings (SSSR count). The summed E-state index contributed by atoms with van der Waals surface area (Å²) in [6.45, 7) is 1.95. The fourth-order valence-corrected chi connectivity index (χ4v) is 2.23. The van der Waals surface area contributed by atoms with Crippen LogP contribution in [0, 0.1) is 0 Å². The van der Waals surface area contributed by atoms with Crippen LogP contribution in [-0.4, -0.2) is 6.04 Å². The van der Waals surface area contributed by atoms with Crippen molar-refractivity contribution in [1.29, 1.82) is 0 Å². The highest BCUT2D eigenvalue weighted by Crippen LogP contribution is 2.25. The van der Waals surface area contributed by atoms with Gasteiger partial charge in [0.15, 0.2) is 0 Å². The number of para-hydroxylation sites is 1. The Labute approximate surface area is 116 Å². The van der Waals surface area contributed by atoms with Gasteiger partial charge in [0, 0.05) is 10.5 Å². The van der Waals surface area contributed by atoms with E-state index in [1.165, 1.54) is 0 Å². The Morgan fingerprint density at radius 3 is 2.39 bits per heavy atom. The average Bonchev–Trinajstić information content (AvgIpc) is 2.37. The summed E-state index contributed by atoms with van der Waals surface area (Å²) >= 11 is 3.47. The first-order chi connectivity index (χ1) is 8.66. The first-order valence-corrected chi connectivity index (χ1v) is 6.69. The van der Waals surface area contributed by atoms with Crippen molar-refractivity contribution in [2.24, 2.45) is 5.73 Å². The van der Waals surface area contributed by atoms with Crippen LogP contribution in [0.5, 0.6) is 5.75 Å². The molecule has 0 amide bonds. The third-order valence-corrected chi connectivity index (χ3v) is 3.15. The maximum Gasteiger partial charge on any atom is 0.138 e. The Bertz CT molecular complexity index is 499. The number of halogens is 1. The van der Waals surface area contributed by atoms with E-state index in [-0.39, 0.29) is 12.1 Å². The van der Waals surface area contributed by atoms with Crippen LogP contribution in [0.25, 0.3) is 0 Å². The summed E-state index contributed by atoms with van der Waals surface area (Å²) in [4.78, 5) is 0. The number of hydrogen-bond acceptors (Lipinski definition) is 2. The van der Waals surface area contributed by atoms with Crippen LogP contribution in [0.1, 0.15) is 18.6 Å². The van der Waals surface area contributed by atoms with E-state index in [0.29, 0.717) is 0 Å². The van der Waals surface area contributed by atoms with E-state index in [1.807, 2.05) is 61.5 Å². The zero-order valence-electron chi connectivity index (χ0n) is 10.2. The summed E-state index contributed by atoms with van der Waals surface area (Å²) in [5.41, 5.74) is 7.10. The smallest absolute Gasteiger partial charge is 0.138 e. The number of ether oxygens (including phenoxy) is 1. The van der Waals surface area contributed by atoms with E-state index in [4.69, 9.17) is 10.5 Å². The normalized spacial score (nSPS) is 13.9. The van der Waals surface area contributed by atoms with Gasteiger partial charge in [-0.05, 0) is 36.8 Å². The van der Waals surface area contributed by atoms with E-state index in [0.717, 1.165) is 15.8 Å². The largest absolute Gasteiger partial charge is 0.484 e. The summed E-state index contributed by atoms with van der Waals surface area (Å²) < 4.78 is 7.00. The predicted octanol–water partition coefficient (Wildman–Crippen LogP) is 3.92. The van der Waals surface area contributed by atoms with Gasteiger partial charge in [-0.25, -0.2) is 0 Å². The summed E-state index contributed by atoms with van der Waals surface area (Å²) in [5, 5.41) is 0. The second-order valence-corrected chi connectivity index (χ2v) is 5.18. The summed E-state index contributed by atoms with van der Waals surface area (Å²) in [6, 6.07) is 17.7. The maximum atomic E-state index is 6.03. The van der Waals surface area contributed by atoms with Gasteiger partial charge in [-0.1, -0.05) is 46.3 Å². The van der Waals surface area contributed by atoms with E-state index < -0.39 is 0 Å². The predicted molar refractivity (Wildman–Crippen MR) is 77.6 cm³/mol. The Hall–Kier alpha value is -1.32. The van der Waals surface area contributed by atoms with Crippen molar-refractivity contribution in [1.82, 2.24) is 0 Å². The molecule has 94 valence electrons. The van der Waals surface area contributed by atoms with Crippen molar-refractivity contribution in [3.63, 3.8) is 0 Å². The molecule has 2 atom stereocenters. The molecule has 0 aromatic heterocycles. The van der Waals surface area contributed by atoms with E-state index in [9.17, 15) is 0 Å². The number of benzene rings is 2. The molecule has 2 nitrogen and oxygen atoms in total. The van der Waals surface area contributed by atoms with Crippen LogP contribution in [0.15, 0.2) is 59.1 Å². The fraction of sp³-hybridized carbons (Fsp3) is 0.200. The fourth-order valence-electron chi connectivity index (χ4n) is 1.81. The molecule has 2 N–H and O–H groups in total. The molecule has 3 heteroatoms. The van der Waals surface area contributed by atoms with Crippen LogP contribution >= 0.6 is 15.9 Å². The molecule has 0 aliphatic carbocycles. The van der Waals surface area contributed by atoms with Gasteiger partial charge in [-0.2, -0.15) is 0 Å². The third-order valence-electron chi connectivity index (χ3n) is 2.66. The quantitative estimate of drug-likeness (QED) is 0.929. The zero-order valence-corrected chi connectivity index (χ0v) is 11.8. The van der Waals surface area contributed by atoms with E-state index in [1.54, 1.807) is 0 Å². The molecule has 2 aromatic rings. The second kappa shape index (κ2) is 6.03. The van der Waals surface area contributed by atoms with Crippen molar-refractivity contribution < 1.29 is 4.74 Å². The number of rotatable bonds is 4. The highest BCUT2D eigenvalue weighted by Gasteiger charge is 2.18. The lowest BCUT2D eigenvalue weighted by atomic mass is 10.0. The lowest BCUT2D eigenvalue weighted by Gasteiger charge is -2.23. The zero-order chi connectivity index (χ0) is 13.0. The van der Waals surface area contributed by atoms with Gasteiger partial charge >= 0.3 is 0 Å². The Morgan fingerprint density at radius 1 is 1.06 bits per heavy atom. The monoisotopic (exact) mass is 305 g/mol. The summed E-state index contributed by atoms with van der Waals surface area (Å²) in [7, 11) is 0. The molecule has 0 fully saturated rings. The lowest BCUT2D eigenvalue weighted by molar-refractivity contribution is 0.180. The standard InChI is InChI=1S/C15H16BrNO/c1-11(17)15(12-6-5-7-13(16)10-12)18-14-8-3-2-4-9-14/h2-11,15H,17H2,1H3. The molecule has 18 heavy (non-hydrogen) atoms. The molecule has 0 spiro atoms. The van der Waals surface area contributed by atoms with E-state index in [2.05, 4.69) is 15.9 Å². The Kier molecular flexibility index (Phi) is 4.39. The maximum absolute atomic E-state index is 6.03. The number of hydrogen-bond donors (Lipinski definition) is 1. The highest BCUT2D eigenvalue weighted by atomic mass is 79.9. The molecule has 0 heterocycles. The summed E-state index contributed by atoms with van der Waals surface area (Å²) in [5.74, 6) is 0.833. The number of nitrogens with two attached hydrogens (primary N) is 1. The topological polar surface area (TPSA) is 35.2 Å². The van der Waals surface area contributed by atoms with Gasteiger partial charge in [0.2, 0.25) is 0 Å². The molecule has 0 aliphatic rings. The lowest BCUT2D eigenvalue weighted by Crippen LogP contribution is -2.29. The molecule has 0 aliphatic heterocycles.